The van der Waals surface area contributed by atoms with E-state index in [1.807, 2.05) is 6.07 Å². The zero-order chi connectivity index (χ0) is 11.8. The molecule has 0 amide bonds. The van der Waals surface area contributed by atoms with Crippen LogP contribution in [0.3, 0.4) is 0 Å². The number of hydrogen-bond acceptors (Lipinski definition) is 5. The number of rotatable bonds is 6. The summed E-state index contributed by atoms with van der Waals surface area (Å²) in [6.45, 7) is 5.64. The monoisotopic (exact) mass is 220 g/mol. The van der Waals surface area contributed by atoms with Gasteiger partial charge in [0.05, 0.1) is 6.61 Å². The Bertz CT molecular complexity index is 359. The Morgan fingerprint density at radius 3 is 3.06 bits per heavy atom. The van der Waals surface area contributed by atoms with Crippen molar-refractivity contribution < 1.29 is 4.74 Å². The Hall–Kier alpha value is -1.67. The zero-order valence-electron chi connectivity index (χ0n) is 9.60. The van der Waals surface area contributed by atoms with Gasteiger partial charge < -0.3 is 10.1 Å². The van der Waals surface area contributed by atoms with Gasteiger partial charge in [-0.25, -0.2) is 4.98 Å². The zero-order valence-corrected chi connectivity index (χ0v) is 9.60. The van der Waals surface area contributed by atoms with Gasteiger partial charge in [0.15, 0.2) is 0 Å². The summed E-state index contributed by atoms with van der Waals surface area (Å²) >= 11 is 0. The summed E-state index contributed by atoms with van der Waals surface area (Å²) in [5.41, 5.74) is 0.324. The Morgan fingerprint density at radius 2 is 2.38 bits per heavy atom. The second-order valence-electron chi connectivity index (χ2n) is 3.65. The highest BCUT2D eigenvalue weighted by atomic mass is 16.5. The molecular formula is C11H16N4O. The molecule has 5 nitrogen and oxygen atoms in total. The molecule has 0 unspecified atom stereocenters. The van der Waals surface area contributed by atoms with Crippen molar-refractivity contribution in [3.63, 3.8) is 0 Å². The average molecular weight is 220 g/mol. The van der Waals surface area contributed by atoms with Crippen LogP contribution in [0.2, 0.25) is 0 Å². The summed E-state index contributed by atoms with van der Waals surface area (Å²) in [4.78, 5) is 7.82. The number of hydrogen-bond donors (Lipinski definition) is 1. The van der Waals surface area contributed by atoms with E-state index < -0.39 is 0 Å². The predicted octanol–water partition coefficient (Wildman–Crippen LogP) is 1.12. The maximum Gasteiger partial charge on any atom is 0.317 e. The van der Waals surface area contributed by atoms with Crippen LogP contribution in [0.5, 0.6) is 6.01 Å². The molecule has 1 aromatic heterocycles. The van der Waals surface area contributed by atoms with Crippen LogP contribution >= 0.6 is 0 Å². The van der Waals surface area contributed by atoms with Crippen molar-refractivity contribution in [1.82, 2.24) is 15.3 Å². The van der Waals surface area contributed by atoms with Gasteiger partial charge in [-0.3, -0.25) is 0 Å². The van der Waals surface area contributed by atoms with Crippen LogP contribution in [0, 0.1) is 11.3 Å². The molecule has 0 fully saturated rings. The molecule has 0 aliphatic rings. The van der Waals surface area contributed by atoms with Crippen molar-refractivity contribution in [2.24, 2.45) is 0 Å². The van der Waals surface area contributed by atoms with E-state index in [4.69, 9.17) is 10.00 Å². The Morgan fingerprint density at radius 1 is 1.56 bits per heavy atom. The molecule has 0 radical (unpaired) electrons. The molecule has 1 heterocycles. The fourth-order valence-electron chi connectivity index (χ4n) is 1.10. The quantitative estimate of drug-likeness (QED) is 0.727. The average Bonchev–Trinajstić information content (AvgIpc) is 2.28. The Balaban J connectivity index is 2.24. The van der Waals surface area contributed by atoms with Gasteiger partial charge in [0.25, 0.3) is 0 Å². The lowest BCUT2D eigenvalue weighted by molar-refractivity contribution is 0.283. The second kappa shape index (κ2) is 6.75. The van der Waals surface area contributed by atoms with Gasteiger partial charge in [-0.2, -0.15) is 10.2 Å². The fourth-order valence-corrected chi connectivity index (χ4v) is 1.10. The summed E-state index contributed by atoms with van der Waals surface area (Å²) < 4.78 is 5.32. The largest absolute Gasteiger partial charge is 0.463 e. The van der Waals surface area contributed by atoms with E-state index in [1.54, 1.807) is 6.07 Å². The summed E-state index contributed by atoms with van der Waals surface area (Å²) in [6.07, 6.45) is 2.41. The van der Waals surface area contributed by atoms with Crippen LogP contribution in [0.25, 0.3) is 0 Å². The first-order valence-corrected chi connectivity index (χ1v) is 5.31. The van der Waals surface area contributed by atoms with Crippen LogP contribution in [0.15, 0.2) is 12.3 Å². The first-order chi connectivity index (χ1) is 7.72. The minimum Gasteiger partial charge on any atom is -0.463 e. The molecule has 0 aromatic carbocycles. The van der Waals surface area contributed by atoms with Gasteiger partial charge in [-0.15, -0.1) is 0 Å². The van der Waals surface area contributed by atoms with Crippen LogP contribution < -0.4 is 10.1 Å². The molecule has 5 heteroatoms. The van der Waals surface area contributed by atoms with Gasteiger partial charge in [-0.05, 0) is 19.0 Å². The number of nitriles is 1. The lowest BCUT2D eigenvalue weighted by atomic mass is 10.3. The molecule has 0 saturated heterocycles. The third-order valence-corrected chi connectivity index (χ3v) is 1.85. The highest BCUT2D eigenvalue weighted by molar-refractivity contribution is 5.19. The molecule has 1 rings (SSSR count). The van der Waals surface area contributed by atoms with E-state index in [0.717, 1.165) is 13.0 Å². The maximum absolute atomic E-state index is 8.63. The van der Waals surface area contributed by atoms with Crippen LogP contribution in [0.4, 0.5) is 0 Å². The molecule has 0 aliphatic heterocycles. The van der Waals surface area contributed by atoms with E-state index in [-0.39, 0.29) is 6.01 Å². The topological polar surface area (TPSA) is 70.8 Å². The molecule has 0 saturated carbocycles. The molecule has 0 spiro atoms. The first kappa shape index (κ1) is 12.4. The van der Waals surface area contributed by atoms with Crippen molar-refractivity contribution in [3.8, 4) is 12.1 Å². The molecule has 86 valence electrons. The lowest BCUT2D eigenvalue weighted by Crippen LogP contribution is -2.24. The van der Waals surface area contributed by atoms with Crippen LogP contribution in [0.1, 0.15) is 26.0 Å². The standard InChI is InChI=1S/C11H16N4O/c1-9(2)13-5-3-7-16-11-14-6-4-10(8-12)15-11/h4,6,9,13H,3,5,7H2,1-2H3. The first-order valence-electron chi connectivity index (χ1n) is 5.31. The van der Waals surface area contributed by atoms with Crippen molar-refractivity contribution >= 4 is 0 Å². The summed E-state index contributed by atoms with van der Waals surface area (Å²) in [5.74, 6) is 0. The van der Waals surface area contributed by atoms with Crippen LogP contribution in [-0.4, -0.2) is 29.2 Å². The number of ether oxygens (including phenoxy) is 1. The minimum atomic E-state index is 0.267. The van der Waals surface area contributed by atoms with E-state index in [0.29, 0.717) is 18.3 Å². The Labute approximate surface area is 95.5 Å². The Kier molecular flexibility index (Phi) is 5.23. The van der Waals surface area contributed by atoms with Crippen molar-refractivity contribution in [2.75, 3.05) is 13.2 Å². The molecule has 1 aromatic rings. The lowest BCUT2D eigenvalue weighted by Gasteiger charge is -2.07. The van der Waals surface area contributed by atoms with E-state index in [2.05, 4.69) is 29.1 Å². The van der Waals surface area contributed by atoms with E-state index in [9.17, 15) is 0 Å². The maximum atomic E-state index is 8.63. The molecule has 0 atom stereocenters. The summed E-state index contributed by atoms with van der Waals surface area (Å²) in [6, 6.07) is 4.24. The van der Waals surface area contributed by atoms with E-state index >= 15 is 0 Å². The van der Waals surface area contributed by atoms with Crippen molar-refractivity contribution in [1.29, 1.82) is 5.26 Å². The van der Waals surface area contributed by atoms with Crippen LogP contribution in [-0.2, 0) is 0 Å². The highest BCUT2D eigenvalue weighted by Crippen LogP contribution is 2.01. The third-order valence-electron chi connectivity index (χ3n) is 1.85. The van der Waals surface area contributed by atoms with Gasteiger partial charge in [0.2, 0.25) is 0 Å². The number of nitrogens with one attached hydrogen (secondary N) is 1. The summed E-state index contributed by atoms with van der Waals surface area (Å²) in [5, 5.41) is 11.9. The highest BCUT2D eigenvalue weighted by Gasteiger charge is 1.99. The second-order valence-corrected chi connectivity index (χ2v) is 3.65. The van der Waals surface area contributed by atoms with E-state index in [1.165, 1.54) is 6.20 Å². The van der Waals surface area contributed by atoms with Gasteiger partial charge in [0.1, 0.15) is 11.8 Å². The normalized spacial score (nSPS) is 10.1. The summed E-state index contributed by atoms with van der Waals surface area (Å²) in [7, 11) is 0. The van der Waals surface area contributed by atoms with Crippen molar-refractivity contribution in [3.05, 3.63) is 18.0 Å². The molecule has 1 N–H and O–H groups in total. The van der Waals surface area contributed by atoms with Crippen molar-refractivity contribution in [2.45, 2.75) is 26.3 Å². The number of aromatic nitrogens is 2. The fraction of sp³-hybridized carbons (Fsp3) is 0.545. The van der Waals surface area contributed by atoms with Gasteiger partial charge in [-0.1, -0.05) is 13.8 Å². The molecule has 16 heavy (non-hydrogen) atoms. The minimum absolute atomic E-state index is 0.267. The third kappa shape index (κ3) is 4.71. The number of nitrogens with zero attached hydrogens (tertiary/aromatic N) is 3. The van der Waals surface area contributed by atoms with Gasteiger partial charge >= 0.3 is 6.01 Å². The van der Waals surface area contributed by atoms with Gasteiger partial charge in [0, 0.05) is 12.2 Å². The SMILES string of the molecule is CC(C)NCCCOc1nccc(C#N)n1. The molecular weight excluding hydrogens is 204 g/mol. The smallest absolute Gasteiger partial charge is 0.317 e. The predicted molar refractivity (Wildman–Crippen MR) is 60.0 cm³/mol. The molecule has 0 aliphatic carbocycles. The molecule has 0 bridgehead atoms.